The molecule has 0 aliphatic rings. The number of rotatable bonds is 18. The van der Waals surface area contributed by atoms with Crippen molar-refractivity contribution in [1.82, 2.24) is 19.8 Å². The molecule has 0 aliphatic heterocycles. The number of hydrogen-bond donors (Lipinski definition) is 2. The van der Waals surface area contributed by atoms with Crippen LogP contribution in [0.4, 0.5) is 11.8 Å². The minimum absolute atomic E-state index is 0.0513. The second kappa shape index (κ2) is 17.4. The number of nitrogen functional groups attached to an aromatic ring is 1. The maximum atomic E-state index is 13.3. The molecule has 10 nitrogen and oxygen atoms in total. The normalized spacial score (nSPS) is 11.0. The standard InChI is InChI=1S/C29H46N6O4/c1-6-7-8-15-31-28-25(22(2)32-29(30)33-28)10-9-16-35(26(36)21-34(3)17-18-38-4)20-24-13-11-23(12-14-24)19-27(37)39-5/h11-14H,6-10,15-21H2,1-5H3,(H3,30,31,32,33). The Labute approximate surface area is 233 Å². The molecule has 0 atom stereocenters. The Bertz CT molecular complexity index is 1030. The highest BCUT2D eigenvalue weighted by Crippen LogP contribution is 2.20. The van der Waals surface area contributed by atoms with Crippen LogP contribution in [-0.4, -0.2) is 85.7 Å². The Kier molecular flexibility index (Phi) is 14.2. The fourth-order valence-electron chi connectivity index (χ4n) is 4.26. The van der Waals surface area contributed by atoms with Gasteiger partial charge in [-0.1, -0.05) is 44.0 Å². The van der Waals surface area contributed by atoms with Gasteiger partial charge in [-0.25, -0.2) is 4.98 Å². The van der Waals surface area contributed by atoms with Crippen molar-refractivity contribution in [1.29, 1.82) is 0 Å². The van der Waals surface area contributed by atoms with Gasteiger partial charge in [0, 0.05) is 44.5 Å². The number of carbonyl (C=O) groups is 2. The maximum absolute atomic E-state index is 13.3. The number of nitrogens with one attached hydrogen (secondary N) is 1. The van der Waals surface area contributed by atoms with E-state index in [1.54, 1.807) is 7.11 Å². The third kappa shape index (κ3) is 11.6. The Hall–Kier alpha value is -3.24. The molecule has 0 aliphatic carbocycles. The van der Waals surface area contributed by atoms with E-state index in [0.717, 1.165) is 66.9 Å². The number of esters is 1. The zero-order valence-electron chi connectivity index (χ0n) is 24.3. The Morgan fingerprint density at radius 3 is 2.41 bits per heavy atom. The van der Waals surface area contributed by atoms with Gasteiger partial charge in [-0.05, 0) is 44.4 Å². The summed E-state index contributed by atoms with van der Waals surface area (Å²) in [4.78, 5) is 37.6. The maximum Gasteiger partial charge on any atom is 0.309 e. The molecule has 39 heavy (non-hydrogen) atoms. The van der Waals surface area contributed by atoms with E-state index in [9.17, 15) is 9.59 Å². The summed E-state index contributed by atoms with van der Waals surface area (Å²) in [6, 6.07) is 7.74. The summed E-state index contributed by atoms with van der Waals surface area (Å²) in [5, 5.41) is 3.44. The second-order valence-electron chi connectivity index (χ2n) is 9.85. The Morgan fingerprint density at radius 1 is 1.03 bits per heavy atom. The van der Waals surface area contributed by atoms with Gasteiger partial charge in [0.05, 0.1) is 26.7 Å². The lowest BCUT2D eigenvalue weighted by molar-refractivity contribution is -0.139. The van der Waals surface area contributed by atoms with E-state index in [2.05, 4.69) is 22.2 Å². The average Bonchev–Trinajstić information content (AvgIpc) is 2.91. The number of aryl methyl sites for hydroxylation is 1. The zero-order valence-corrected chi connectivity index (χ0v) is 24.3. The zero-order chi connectivity index (χ0) is 28.6. The number of nitrogens with zero attached hydrogens (tertiary/aromatic N) is 4. The molecule has 1 aromatic carbocycles. The molecule has 0 bridgehead atoms. The van der Waals surface area contributed by atoms with Crippen molar-refractivity contribution in [2.45, 2.75) is 58.9 Å². The Morgan fingerprint density at radius 2 is 1.74 bits per heavy atom. The molecule has 0 spiro atoms. The van der Waals surface area contributed by atoms with Crippen molar-refractivity contribution in [3.63, 3.8) is 0 Å². The summed E-state index contributed by atoms with van der Waals surface area (Å²) in [5.41, 5.74) is 9.71. The number of hydrogen-bond acceptors (Lipinski definition) is 9. The number of likely N-dealkylation sites (N-methyl/N-ethyl adjacent to an activating group) is 1. The van der Waals surface area contributed by atoms with Gasteiger partial charge in [0.15, 0.2) is 0 Å². The average molecular weight is 543 g/mol. The predicted octanol–water partition coefficient (Wildman–Crippen LogP) is 3.22. The summed E-state index contributed by atoms with van der Waals surface area (Å²) in [7, 11) is 4.96. The van der Waals surface area contributed by atoms with Crippen molar-refractivity contribution in [3.05, 3.63) is 46.6 Å². The van der Waals surface area contributed by atoms with E-state index in [1.807, 2.05) is 48.0 Å². The van der Waals surface area contributed by atoms with Crippen LogP contribution >= 0.6 is 0 Å². The first-order valence-electron chi connectivity index (χ1n) is 13.7. The molecule has 0 saturated carbocycles. The number of nitrogens with two attached hydrogens (primary N) is 1. The van der Waals surface area contributed by atoms with Gasteiger partial charge in [0.25, 0.3) is 0 Å². The Balaban J connectivity index is 2.11. The number of carbonyl (C=O) groups excluding carboxylic acids is 2. The number of unbranched alkanes of at least 4 members (excludes halogenated alkanes) is 2. The molecule has 0 saturated heterocycles. The first-order valence-corrected chi connectivity index (χ1v) is 13.7. The van der Waals surface area contributed by atoms with Crippen LogP contribution in [0.5, 0.6) is 0 Å². The molecule has 216 valence electrons. The van der Waals surface area contributed by atoms with Crippen LogP contribution < -0.4 is 11.1 Å². The van der Waals surface area contributed by atoms with Crippen molar-refractivity contribution < 1.29 is 19.1 Å². The molecule has 2 rings (SSSR count). The summed E-state index contributed by atoms with van der Waals surface area (Å²) in [6.07, 6.45) is 5.08. The highest BCUT2D eigenvalue weighted by molar-refractivity contribution is 5.78. The lowest BCUT2D eigenvalue weighted by Gasteiger charge is -2.26. The molecule has 10 heteroatoms. The fraction of sp³-hybridized carbons (Fsp3) is 0.586. The van der Waals surface area contributed by atoms with Crippen molar-refractivity contribution >= 4 is 23.6 Å². The SMILES string of the molecule is CCCCCNc1nc(N)nc(C)c1CCCN(Cc1ccc(CC(=O)OC)cc1)C(=O)CN(C)CCOC. The number of anilines is 2. The number of aromatic nitrogens is 2. The highest BCUT2D eigenvalue weighted by Gasteiger charge is 2.18. The number of ether oxygens (including phenoxy) is 2. The number of methoxy groups -OCH3 is 2. The van der Waals surface area contributed by atoms with Gasteiger partial charge in [0.1, 0.15) is 5.82 Å². The van der Waals surface area contributed by atoms with Gasteiger partial charge in [-0.15, -0.1) is 0 Å². The van der Waals surface area contributed by atoms with E-state index >= 15 is 0 Å². The minimum Gasteiger partial charge on any atom is -0.469 e. The van der Waals surface area contributed by atoms with Crippen molar-refractivity contribution in [3.8, 4) is 0 Å². The van der Waals surface area contributed by atoms with Crippen LogP contribution in [0, 0.1) is 6.92 Å². The lowest BCUT2D eigenvalue weighted by atomic mass is 10.1. The van der Waals surface area contributed by atoms with Crippen LogP contribution in [0.1, 0.15) is 55.0 Å². The summed E-state index contributed by atoms with van der Waals surface area (Å²) < 4.78 is 9.91. The highest BCUT2D eigenvalue weighted by atomic mass is 16.5. The molecule has 1 aromatic heterocycles. The van der Waals surface area contributed by atoms with E-state index in [1.165, 1.54) is 7.11 Å². The van der Waals surface area contributed by atoms with E-state index in [4.69, 9.17) is 15.2 Å². The molecule has 2 aromatic rings. The summed E-state index contributed by atoms with van der Waals surface area (Å²) in [5.74, 6) is 0.825. The quantitative estimate of drug-likeness (QED) is 0.216. The first-order chi connectivity index (χ1) is 18.8. The van der Waals surface area contributed by atoms with Crippen LogP contribution in [0.15, 0.2) is 24.3 Å². The predicted molar refractivity (Wildman–Crippen MR) is 154 cm³/mol. The largest absolute Gasteiger partial charge is 0.469 e. The van der Waals surface area contributed by atoms with Crippen LogP contribution in [0.25, 0.3) is 0 Å². The minimum atomic E-state index is -0.278. The number of amides is 1. The molecular weight excluding hydrogens is 496 g/mol. The van der Waals surface area contributed by atoms with Gasteiger partial charge in [-0.3, -0.25) is 14.5 Å². The van der Waals surface area contributed by atoms with Gasteiger partial charge < -0.3 is 25.4 Å². The molecule has 1 heterocycles. The van der Waals surface area contributed by atoms with Crippen LogP contribution in [-0.2, 0) is 38.4 Å². The number of benzene rings is 1. The van der Waals surface area contributed by atoms with E-state index in [0.29, 0.717) is 32.8 Å². The van der Waals surface area contributed by atoms with Crippen molar-refractivity contribution in [2.24, 2.45) is 0 Å². The molecular formula is C29H46N6O4. The first kappa shape index (κ1) is 32.0. The van der Waals surface area contributed by atoms with Crippen LogP contribution in [0.3, 0.4) is 0 Å². The molecule has 0 radical (unpaired) electrons. The van der Waals surface area contributed by atoms with Gasteiger partial charge in [-0.2, -0.15) is 4.98 Å². The molecule has 3 N–H and O–H groups in total. The van der Waals surface area contributed by atoms with Gasteiger partial charge >= 0.3 is 5.97 Å². The van der Waals surface area contributed by atoms with Gasteiger partial charge in [0.2, 0.25) is 11.9 Å². The smallest absolute Gasteiger partial charge is 0.309 e. The fourth-order valence-corrected chi connectivity index (χ4v) is 4.26. The molecule has 0 unspecified atom stereocenters. The lowest BCUT2D eigenvalue weighted by Crippen LogP contribution is -2.40. The van der Waals surface area contributed by atoms with Crippen LogP contribution in [0.2, 0.25) is 0 Å². The van der Waals surface area contributed by atoms with E-state index in [-0.39, 0.29) is 24.2 Å². The summed E-state index contributed by atoms with van der Waals surface area (Å²) in [6.45, 7) is 7.57. The van der Waals surface area contributed by atoms with E-state index < -0.39 is 0 Å². The second-order valence-corrected chi connectivity index (χ2v) is 9.85. The van der Waals surface area contributed by atoms with Crippen molar-refractivity contribution in [2.75, 3.05) is 65.1 Å². The topological polar surface area (TPSA) is 123 Å². The molecule has 1 amide bonds. The third-order valence-electron chi connectivity index (χ3n) is 6.57. The molecule has 0 fully saturated rings. The third-order valence-corrected chi connectivity index (χ3v) is 6.57. The summed E-state index contributed by atoms with van der Waals surface area (Å²) >= 11 is 0. The monoisotopic (exact) mass is 542 g/mol.